The van der Waals surface area contributed by atoms with E-state index in [4.69, 9.17) is 10.5 Å². The minimum atomic E-state index is 0.230. The van der Waals surface area contributed by atoms with Crippen LogP contribution >= 0.6 is 0 Å². The Hall–Kier alpha value is -0.120. The molecule has 0 saturated carbocycles. The van der Waals surface area contributed by atoms with Crippen molar-refractivity contribution in [1.29, 1.82) is 0 Å². The number of hydrogen-bond donors (Lipinski definition) is 1. The third kappa shape index (κ3) is 4.04. The first kappa shape index (κ1) is 13.9. The van der Waals surface area contributed by atoms with Gasteiger partial charge in [-0.15, -0.1) is 0 Å². The van der Waals surface area contributed by atoms with Gasteiger partial charge < -0.3 is 15.4 Å². The van der Waals surface area contributed by atoms with E-state index in [-0.39, 0.29) is 6.10 Å². The summed E-state index contributed by atoms with van der Waals surface area (Å²) in [4.78, 5) is 2.55. The molecule has 1 rings (SSSR count). The zero-order valence-electron chi connectivity index (χ0n) is 11.3. The van der Waals surface area contributed by atoms with Gasteiger partial charge in [-0.25, -0.2) is 0 Å². The van der Waals surface area contributed by atoms with E-state index in [9.17, 15) is 0 Å². The van der Waals surface area contributed by atoms with Crippen molar-refractivity contribution in [1.82, 2.24) is 4.90 Å². The minimum Gasteiger partial charge on any atom is -0.380 e. The van der Waals surface area contributed by atoms with Crippen LogP contribution in [0.2, 0.25) is 0 Å². The smallest absolute Gasteiger partial charge is 0.0705 e. The summed E-state index contributed by atoms with van der Waals surface area (Å²) in [7, 11) is 1.75. The fourth-order valence-electron chi connectivity index (χ4n) is 2.40. The van der Waals surface area contributed by atoms with Crippen molar-refractivity contribution < 1.29 is 4.74 Å². The van der Waals surface area contributed by atoms with Gasteiger partial charge in [-0.3, -0.25) is 0 Å². The third-order valence-corrected chi connectivity index (χ3v) is 3.86. The molecule has 3 heteroatoms. The largest absolute Gasteiger partial charge is 0.380 e. The van der Waals surface area contributed by atoms with Gasteiger partial charge in [-0.05, 0) is 30.7 Å². The molecule has 2 unspecified atom stereocenters. The monoisotopic (exact) mass is 228 g/mol. The van der Waals surface area contributed by atoms with Gasteiger partial charge in [0, 0.05) is 26.7 Å². The molecule has 0 radical (unpaired) electrons. The summed E-state index contributed by atoms with van der Waals surface area (Å²) >= 11 is 0. The van der Waals surface area contributed by atoms with Crippen LogP contribution in [-0.4, -0.2) is 44.3 Å². The first-order valence-electron chi connectivity index (χ1n) is 6.42. The zero-order valence-corrected chi connectivity index (χ0v) is 11.3. The van der Waals surface area contributed by atoms with E-state index < -0.39 is 0 Å². The molecule has 2 atom stereocenters. The van der Waals surface area contributed by atoms with E-state index in [1.165, 1.54) is 19.5 Å². The van der Waals surface area contributed by atoms with Gasteiger partial charge in [0.05, 0.1) is 6.10 Å². The Morgan fingerprint density at radius 3 is 2.56 bits per heavy atom. The lowest BCUT2D eigenvalue weighted by molar-refractivity contribution is 0.0910. The average Bonchev–Trinajstić information content (AvgIpc) is 2.67. The maximum atomic E-state index is 5.62. The molecule has 2 N–H and O–H groups in total. The summed E-state index contributed by atoms with van der Waals surface area (Å²) in [6.07, 6.45) is 2.63. The van der Waals surface area contributed by atoms with Crippen molar-refractivity contribution in [3.05, 3.63) is 0 Å². The van der Waals surface area contributed by atoms with Gasteiger partial charge in [0.25, 0.3) is 0 Å². The molecule has 0 bridgehead atoms. The third-order valence-electron chi connectivity index (χ3n) is 3.86. The van der Waals surface area contributed by atoms with Crippen LogP contribution in [0.3, 0.4) is 0 Å². The lowest BCUT2D eigenvalue weighted by Gasteiger charge is -2.27. The van der Waals surface area contributed by atoms with E-state index >= 15 is 0 Å². The maximum Gasteiger partial charge on any atom is 0.0705 e. The topological polar surface area (TPSA) is 38.5 Å². The number of hydrogen-bond acceptors (Lipinski definition) is 3. The number of nitrogens with two attached hydrogens (primary N) is 1. The first-order valence-corrected chi connectivity index (χ1v) is 6.42. The van der Waals surface area contributed by atoms with Crippen molar-refractivity contribution in [3.63, 3.8) is 0 Å². The molecule has 0 amide bonds. The molecule has 1 saturated heterocycles. The summed E-state index contributed by atoms with van der Waals surface area (Å²) in [5, 5.41) is 0. The SMILES string of the molecule is COC(CN)CCN1CCC(C(C)(C)C)C1. The van der Waals surface area contributed by atoms with Gasteiger partial charge in [-0.1, -0.05) is 20.8 Å². The second-order valence-electron chi connectivity index (χ2n) is 6.03. The molecule has 16 heavy (non-hydrogen) atoms. The highest BCUT2D eigenvalue weighted by molar-refractivity contribution is 4.84. The number of ether oxygens (including phenoxy) is 1. The van der Waals surface area contributed by atoms with Crippen molar-refractivity contribution in [2.45, 2.75) is 39.7 Å². The highest BCUT2D eigenvalue weighted by Crippen LogP contribution is 2.33. The summed E-state index contributed by atoms with van der Waals surface area (Å²) < 4.78 is 5.30. The second kappa shape index (κ2) is 5.99. The first-order chi connectivity index (χ1) is 7.47. The number of methoxy groups -OCH3 is 1. The van der Waals surface area contributed by atoms with E-state index in [1.54, 1.807) is 7.11 Å². The Bertz CT molecular complexity index is 197. The molecule has 1 heterocycles. The fraction of sp³-hybridized carbons (Fsp3) is 1.00. The Morgan fingerprint density at radius 1 is 1.44 bits per heavy atom. The average molecular weight is 228 g/mol. The van der Waals surface area contributed by atoms with Gasteiger partial charge >= 0.3 is 0 Å². The minimum absolute atomic E-state index is 0.230. The van der Waals surface area contributed by atoms with Gasteiger partial charge in [-0.2, -0.15) is 0 Å². The number of likely N-dealkylation sites (tertiary alicyclic amines) is 1. The summed E-state index contributed by atoms with van der Waals surface area (Å²) in [5.74, 6) is 0.839. The van der Waals surface area contributed by atoms with Crippen molar-refractivity contribution >= 4 is 0 Å². The molecule has 1 fully saturated rings. The molecule has 96 valence electrons. The number of nitrogens with zero attached hydrogens (tertiary/aromatic N) is 1. The molecule has 1 aliphatic heterocycles. The number of rotatable bonds is 5. The van der Waals surface area contributed by atoms with Crippen LogP contribution in [0.5, 0.6) is 0 Å². The molecule has 0 aromatic rings. The fourth-order valence-corrected chi connectivity index (χ4v) is 2.40. The van der Waals surface area contributed by atoms with Gasteiger partial charge in [0.15, 0.2) is 0 Å². The van der Waals surface area contributed by atoms with E-state index in [1.807, 2.05) is 0 Å². The Morgan fingerprint density at radius 2 is 2.12 bits per heavy atom. The van der Waals surface area contributed by atoms with Crippen LogP contribution in [-0.2, 0) is 4.74 Å². The van der Waals surface area contributed by atoms with Gasteiger partial charge in [0.1, 0.15) is 0 Å². The highest BCUT2D eigenvalue weighted by Gasteiger charge is 2.31. The van der Waals surface area contributed by atoms with Crippen LogP contribution in [0.25, 0.3) is 0 Å². The molecule has 0 aromatic carbocycles. The lowest BCUT2D eigenvalue weighted by Crippen LogP contribution is -2.31. The van der Waals surface area contributed by atoms with Crippen LogP contribution < -0.4 is 5.73 Å². The molecule has 0 aliphatic carbocycles. The summed E-state index contributed by atoms with van der Waals surface area (Å²) in [5.41, 5.74) is 6.07. The quantitative estimate of drug-likeness (QED) is 0.778. The standard InChI is InChI=1S/C13H28N2O/c1-13(2,3)11-5-7-15(10-11)8-6-12(9-14)16-4/h11-12H,5-10,14H2,1-4H3. The van der Waals surface area contributed by atoms with Crippen molar-refractivity contribution in [3.8, 4) is 0 Å². The molecule has 3 nitrogen and oxygen atoms in total. The molecular formula is C13H28N2O. The van der Waals surface area contributed by atoms with E-state index in [0.29, 0.717) is 12.0 Å². The predicted molar refractivity (Wildman–Crippen MR) is 68.5 cm³/mol. The van der Waals surface area contributed by atoms with Crippen molar-refractivity contribution in [2.75, 3.05) is 33.3 Å². The Balaban J connectivity index is 2.26. The van der Waals surface area contributed by atoms with Crippen LogP contribution in [0, 0.1) is 11.3 Å². The summed E-state index contributed by atoms with van der Waals surface area (Å²) in [6, 6.07) is 0. The molecule has 0 aromatic heterocycles. The van der Waals surface area contributed by atoms with E-state index in [2.05, 4.69) is 25.7 Å². The van der Waals surface area contributed by atoms with E-state index in [0.717, 1.165) is 18.9 Å². The van der Waals surface area contributed by atoms with Gasteiger partial charge in [0.2, 0.25) is 0 Å². The maximum absolute atomic E-state index is 5.62. The Kier molecular flexibility index (Phi) is 5.22. The lowest BCUT2D eigenvalue weighted by atomic mass is 9.80. The summed E-state index contributed by atoms with van der Waals surface area (Å²) in [6.45, 7) is 11.3. The molecule has 1 aliphatic rings. The van der Waals surface area contributed by atoms with Crippen LogP contribution in [0.1, 0.15) is 33.6 Å². The van der Waals surface area contributed by atoms with Crippen LogP contribution in [0.15, 0.2) is 0 Å². The molecule has 0 spiro atoms. The van der Waals surface area contributed by atoms with Crippen molar-refractivity contribution in [2.24, 2.45) is 17.1 Å². The second-order valence-corrected chi connectivity index (χ2v) is 6.03. The van der Waals surface area contributed by atoms with Crippen LogP contribution in [0.4, 0.5) is 0 Å². The zero-order chi connectivity index (χ0) is 12.2. The predicted octanol–water partition coefficient (Wildman–Crippen LogP) is 1.72. The normalized spacial score (nSPS) is 24.9. The Labute approximate surface area is 100 Å². The highest BCUT2D eigenvalue weighted by atomic mass is 16.5. The molecular weight excluding hydrogens is 200 g/mol.